The minimum atomic E-state index is -1.17. The van der Waals surface area contributed by atoms with E-state index in [1.54, 1.807) is 24.3 Å². The van der Waals surface area contributed by atoms with E-state index in [4.69, 9.17) is 0 Å². The predicted octanol–water partition coefficient (Wildman–Crippen LogP) is 2.73. The van der Waals surface area contributed by atoms with E-state index in [1.165, 1.54) is 0 Å². The van der Waals surface area contributed by atoms with Crippen molar-refractivity contribution in [3.8, 4) is 0 Å². The molecule has 21 heavy (non-hydrogen) atoms. The van der Waals surface area contributed by atoms with Crippen molar-refractivity contribution in [3.63, 3.8) is 0 Å². The Labute approximate surface area is 125 Å². The van der Waals surface area contributed by atoms with E-state index in [2.05, 4.69) is 5.32 Å². The van der Waals surface area contributed by atoms with E-state index >= 15 is 0 Å². The first-order valence-electron chi connectivity index (χ1n) is 6.81. The van der Waals surface area contributed by atoms with Crippen LogP contribution in [-0.2, 0) is 4.79 Å². The Balaban J connectivity index is 2.11. The third kappa shape index (κ3) is 3.61. The summed E-state index contributed by atoms with van der Waals surface area (Å²) in [6, 6.07) is 14.6. The lowest BCUT2D eigenvalue weighted by Gasteiger charge is -2.17. The zero-order valence-electron chi connectivity index (χ0n) is 12.5. The number of anilines is 2. The third-order valence-corrected chi connectivity index (χ3v) is 3.31. The molecule has 0 aliphatic heterocycles. The second kappa shape index (κ2) is 6.41. The Morgan fingerprint density at radius 1 is 1.14 bits per heavy atom. The molecule has 4 nitrogen and oxygen atoms in total. The summed E-state index contributed by atoms with van der Waals surface area (Å²) in [5, 5.41) is 12.8. The first-order valence-corrected chi connectivity index (χ1v) is 6.81. The molecule has 0 heterocycles. The summed E-state index contributed by atoms with van der Waals surface area (Å²) < 4.78 is 0. The van der Waals surface area contributed by atoms with Gasteiger partial charge in [-0.05, 0) is 36.2 Å². The van der Waals surface area contributed by atoms with Crippen molar-refractivity contribution >= 4 is 17.3 Å². The highest BCUT2D eigenvalue weighted by molar-refractivity contribution is 5.95. The predicted molar refractivity (Wildman–Crippen MR) is 85.5 cm³/mol. The number of benzene rings is 2. The monoisotopic (exact) mass is 284 g/mol. The fraction of sp³-hybridized carbons (Fsp3) is 0.235. The van der Waals surface area contributed by atoms with Gasteiger partial charge in [0.05, 0.1) is 0 Å². The molecule has 1 unspecified atom stereocenters. The highest BCUT2D eigenvalue weighted by Crippen LogP contribution is 2.23. The molecule has 0 aliphatic rings. The van der Waals surface area contributed by atoms with E-state index in [1.807, 2.05) is 50.2 Å². The molecule has 2 N–H and O–H groups in total. The van der Waals surface area contributed by atoms with E-state index < -0.39 is 12.0 Å². The first kappa shape index (κ1) is 15.1. The topological polar surface area (TPSA) is 52.6 Å². The van der Waals surface area contributed by atoms with Crippen LogP contribution in [0.2, 0.25) is 0 Å². The van der Waals surface area contributed by atoms with Gasteiger partial charge in [-0.1, -0.05) is 30.3 Å². The third-order valence-electron chi connectivity index (χ3n) is 3.31. The highest BCUT2D eigenvalue weighted by Gasteiger charge is 2.17. The SMILES string of the molecule is Cc1cc(NC(=O)C(O)c2ccccc2)ccc1N(C)C. The molecule has 0 fully saturated rings. The fourth-order valence-corrected chi connectivity index (χ4v) is 2.23. The molecule has 1 amide bonds. The summed E-state index contributed by atoms with van der Waals surface area (Å²) >= 11 is 0. The maximum absolute atomic E-state index is 12.1. The standard InChI is InChI=1S/C17H20N2O2/c1-12-11-14(9-10-15(12)19(2)3)18-17(21)16(20)13-7-5-4-6-8-13/h4-11,16,20H,1-3H3,(H,18,21). The van der Waals surface area contributed by atoms with Crippen LogP contribution < -0.4 is 10.2 Å². The number of rotatable bonds is 4. The lowest BCUT2D eigenvalue weighted by molar-refractivity contribution is -0.124. The number of carbonyl (C=O) groups excluding carboxylic acids is 1. The zero-order valence-corrected chi connectivity index (χ0v) is 12.5. The molecule has 0 saturated carbocycles. The minimum Gasteiger partial charge on any atom is -0.378 e. The van der Waals surface area contributed by atoms with Crippen molar-refractivity contribution in [3.05, 3.63) is 59.7 Å². The van der Waals surface area contributed by atoms with Crippen molar-refractivity contribution in [2.24, 2.45) is 0 Å². The Kier molecular flexibility index (Phi) is 4.60. The van der Waals surface area contributed by atoms with Gasteiger partial charge in [-0.2, -0.15) is 0 Å². The van der Waals surface area contributed by atoms with Crippen molar-refractivity contribution in [2.45, 2.75) is 13.0 Å². The molecular formula is C17H20N2O2. The number of nitrogens with one attached hydrogen (secondary N) is 1. The molecule has 2 rings (SSSR count). The molecule has 0 bridgehead atoms. The van der Waals surface area contributed by atoms with Gasteiger partial charge in [0.1, 0.15) is 0 Å². The van der Waals surface area contributed by atoms with Crippen LogP contribution in [0.5, 0.6) is 0 Å². The van der Waals surface area contributed by atoms with Crippen molar-refractivity contribution < 1.29 is 9.90 Å². The average molecular weight is 284 g/mol. The number of amides is 1. The Bertz CT molecular complexity index is 624. The Morgan fingerprint density at radius 2 is 1.81 bits per heavy atom. The van der Waals surface area contributed by atoms with Gasteiger partial charge >= 0.3 is 0 Å². The molecule has 0 radical (unpaired) electrons. The quantitative estimate of drug-likeness (QED) is 0.907. The molecule has 0 spiro atoms. The fourth-order valence-electron chi connectivity index (χ4n) is 2.23. The summed E-state index contributed by atoms with van der Waals surface area (Å²) in [4.78, 5) is 14.1. The van der Waals surface area contributed by atoms with Crippen LogP contribution in [0.25, 0.3) is 0 Å². The number of carbonyl (C=O) groups is 1. The van der Waals surface area contributed by atoms with Gasteiger partial charge in [-0.25, -0.2) is 0 Å². The number of aliphatic hydroxyl groups excluding tert-OH is 1. The lowest BCUT2D eigenvalue weighted by Crippen LogP contribution is -2.21. The summed E-state index contributed by atoms with van der Waals surface area (Å²) in [7, 11) is 3.94. The van der Waals surface area contributed by atoms with E-state index in [9.17, 15) is 9.90 Å². The van der Waals surface area contributed by atoms with Crippen LogP contribution in [0.15, 0.2) is 48.5 Å². The normalized spacial score (nSPS) is 11.8. The smallest absolute Gasteiger partial charge is 0.257 e. The van der Waals surface area contributed by atoms with Gasteiger partial charge in [0, 0.05) is 25.5 Å². The van der Waals surface area contributed by atoms with Crippen molar-refractivity contribution in [1.29, 1.82) is 0 Å². The van der Waals surface area contributed by atoms with Gasteiger partial charge in [0.2, 0.25) is 0 Å². The molecule has 0 aliphatic carbocycles. The molecule has 2 aromatic rings. The zero-order chi connectivity index (χ0) is 15.4. The molecule has 2 aromatic carbocycles. The van der Waals surface area contributed by atoms with E-state index in [0.29, 0.717) is 11.3 Å². The second-order valence-electron chi connectivity index (χ2n) is 5.20. The van der Waals surface area contributed by atoms with Crippen LogP contribution in [-0.4, -0.2) is 25.1 Å². The van der Waals surface area contributed by atoms with E-state index in [0.717, 1.165) is 11.3 Å². The van der Waals surface area contributed by atoms with Gasteiger partial charge in [0.25, 0.3) is 5.91 Å². The number of hydrogen-bond acceptors (Lipinski definition) is 3. The molecule has 0 saturated heterocycles. The largest absolute Gasteiger partial charge is 0.378 e. The minimum absolute atomic E-state index is 0.432. The summed E-state index contributed by atoms with van der Waals surface area (Å²) in [5.74, 6) is -0.432. The average Bonchev–Trinajstić information content (AvgIpc) is 2.47. The molecule has 110 valence electrons. The second-order valence-corrected chi connectivity index (χ2v) is 5.20. The number of nitrogens with zero attached hydrogens (tertiary/aromatic N) is 1. The van der Waals surface area contributed by atoms with E-state index in [-0.39, 0.29) is 0 Å². The van der Waals surface area contributed by atoms with Gasteiger partial charge in [-0.15, -0.1) is 0 Å². The lowest BCUT2D eigenvalue weighted by atomic mass is 10.1. The van der Waals surface area contributed by atoms with Crippen LogP contribution >= 0.6 is 0 Å². The maximum Gasteiger partial charge on any atom is 0.257 e. The van der Waals surface area contributed by atoms with Crippen LogP contribution in [0, 0.1) is 6.92 Å². The van der Waals surface area contributed by atoms with Crippen LogP contribution in [0.3, 0.4) is 0 Å². The number of hydrogen-bond donors (Lipinski definition) is 2. The molecule has 4 heteroatoms. The van der Waals surface area contributed by atoms with Crippen LogP contribution in [0.1, 0.15) is 17.2 Å². The van der Waals surface area contributed by atoms with Crippen molar-refractivity contribution in [2.75, 3.05) is 24.3 Å². The summed E-state index contributed by atoms with van der Waals surface area (Å²) in [6.45, 7) is 1.98. The molecule has 0 aromatic heterocycles. The van der Waals surface area contributed by atoms with Gasteiger partial charge in [-0.3, -0.25) is 4.79 Å². The Hall–Kier alpha value is -2.33. The van der Waals surface area contributed by atoms with Crippen molar-refractivity contribution in [1.82, 2.24) is 0 Å². The number of aliphatic hydroxyl groups is 1. The molecule has 1 atom stereocenters. The molecular weight excluding hydrogens is 264 g/mol. The maximum atomic E-state index is 12.1. The van der Waals surface area contributed by atoms with Crippen LogP contribution in [0.4, 0.5) is 11.4 Å². The summed E-state index contributed by atoms with van der Waals surface area (Å²) in [6.07, 6.45) is -1.17. The summed E-state index contributed by atoms with van der Waals surface area (Å²) in [5.41, 5.74) is 3.42. The number of aryl methyl sites for hydroxylation is 1. The first-order chi connectivity index (χ1) is 9.99. The Morgan fingerprint density at radius 3 is 2.38 bits per heavy atom. The van der Waals surface area contributed by atoms with Gasteiger partial charge in [0.15, 0.2) is 6.10 Å². The van der Waals surface area contributed by atoms with Gasteiger partial charge < -0.3 is 15.3 Å². The highest BCUT2D eigenvalue weighted by atomic mass is 16.3.